The molecule has 8 N–H and O–H groups in total. The molecule has 29 heavy (non-hydrogen) atoms. The van der Waals surface area contributed by atoms with Gasteiger partial charge in [0.25, 0.3) is 0 Å². The summed E-state index contributed by atoms with van der Waals surface area (Å²) in [7, 11) is 0. The predicted octanol–water partition coefficient (Wildman–Crippen LogP) is -4.78. The van der Waals surface area contributed by atoms with Crippen LogP contribution in [0.25, 0.3) is 0 Å². The maximum absolute atomic E-state index is 11.6. The molecule has 0 rings (SSSR count). The van der Waals surface area contributed by atoms with E-state index in [4.69, 9.17) is 5.73 Å². The molecule has 0 aromatic carbocycles. The standard InChI is InChI=1S/C16H27N7O6/c1-10(2)4-18-12(25)6-20-14(27)8-22-16(29)9-23-15(28)7-21-13(26)5-19-11(24)3-17/h1,3-9,17H2,2H3,(H,18,25)(H,19,24)(H,20,27)(H,21,26)(H,22,29)(H,23,28). The Kier molecular flexibility index (Phi) is 12.8. The maximum Gasteiger partial charge on any atom is 0.239 e. The molecule has 0 saturated heterocycles. The molecule has 0 aromatic rings. The van der Waals surface area contributed by atoms with E-state index in [1.807, 2.05) is 0 Å². The highest BCUT2D eigenvalue weighted by molar-refractivity contribution is 5.91. The Morgan fingerprint density at radius 2 is 0.793 bits per heavy atom. The number of carbonyl (C=O) groups is 6. The van der Waals surface area contributed by atoms with Gasteiger partial charge in [0.2, 0.25) is 35.4 Å². The zero-order chi connectivity index (χ0) is 22.2. The summed E-state index contributed by atoms with van der Waals surface area (Å²) in [5.41, 5.74) is 5.81. The molecule has 0 aliphatic heterocycles. The van der Waals surface area contributed by atoms with Crippen molar-refractivity contribution in [3.05, 3.63) is 12.2 Å². The second-order valence-electron chi connectivity index (χ2n) is 5.82. The summed E-state index contributed by atoms with van der Waals surface area (Å²) in [6, 6.07) is 0. The van der Waals surface area contributed by atoms with Gasteiger partial charge >= 0.3 is 0 Å². The van der Waals surface area contributed by atoms with Crippen LogP contribution in [0.1, 0.15) is 6.92 Å². The maximum atomic E-state index is 11.6. The van der Waals surface area contributed by atoms with Crippen LogP contribution >= 0.6 is 0 Å². The van der Waals surface area contributed by atoms with Gasteiger partial charge < -0.3 is 37.6 Å². The lowest BCUT2D eigenvalue weighted by Crippen LogP contribution is -2.46. The van der Waals surface area contributed by atoms with Gasteiger partial charge in [-0.1, -0.05) is 12.2 Å². The van der Waals surface area contributed by atoms with Crippen LogP contribution in [0, 0.1) is 0 Å². The van der Waals surface area contributed by atoms with Crippen molar-refractivity contribution in [2.24, 2.45) is 5.73 Å². The molecule has 6 amide bonds. The third-order valence-corrected chi connectivity index (χ3v) is 3.00. The molecule has 0 bridgehead atoms. The summed E-state index contributed by atoms with van der Waals surface area (Å²) in [6.07, 6.45) is 0. The molecular weight excluding hydrogens is 386 g/mol. The second-order valence-corrected chi connectivity index (χ2v) is 5.82. The fraction of sp³-hybridized carbons (Fsp3) is 0.500. The number of rotatable bonds is 13. The predicted molar refractivity (Wildman–Crippen MR) is 102 cm³/mol. The van der Waals surface area contributed by atoms with E-state index >= 15 is 0 Å². The molecule has 13 nitrogen and oxygen atoms in total. The van der Waals surface area contributed by atoms with E-state index in [2.05, 4.69) is 38.5 Å². The molecule has 0 fully saturated rings. The summed E-state index contributed by atoms with van der Waals surface area (Å²) < 4.78 is 0. The number of hydrogen-bond acceptors (Lipinski definition) is 7. The Morgan fingerprint density at radius 1 is 0.552 bits per heavy atom. The molecule has 0 aliphatic rings. The number of nitrogens with one attached hydrogen (secondary N) is 6. The summed E-state index contributed by atoms with van der Waals surface area (Å²) in [4.78, 5) is 68.3. The first-order chi connectivity index (χ1) is 13.6. The molecule has 0 heterocycles. The van der Waals surface area contributed by atoms with Crippen molar-refractivity contribution in [2.45, 2.75) is 6.92 Å². The minimum absolute atomic E-state index is 0.246. The molecule has 0 unspecified atom stereocenters. The van der Waals surface area contributed by atoms with E-state index in [1.54, 1.807) is 6.92 Å². The Balaban J connectivity index is 3.86. The fourth-order valence-electron chi connectivity index (χ4n) is 1.53. The zero-order valence-corrected chi connectivity index (χ0v) is 16.2. The van der Waals surface area contributed by atoms with Crippen LogP contribution in [-0.4, -0.2) is 81.3 Å². The van der Waals surface area contributed by atoms with Crippen LogP contribution < -0.4 is 37.6 Å². The number of nitrogens with two attached hydrogens (primary N) is 1. The summed E-state index contributed by atoms with van der Waals surface area (Å²) in [5.74, 6) is -3.38. The van der Waals surface area contributed by atoms with Crippen LogP contribution in [0.3, 0.4) is 0 Å². The first-order valence-electron chi connectivity index (χ1n) is 8.58. The van der Waals surface area contributed by atoms with E-state index in [0.717, 1.165) is 5.57 Å². The Hall–Kier alpha value is -3.48. The molecule has 0 atom stereocenters. The molecule has 0 spiro atoms. The third-order valence-electron chi connectivity index (χ3n) is 3.00. The lowest BCUT2D eigenvalue weighted by Gasteiger charge is -2.09. The van der Waals surface area contributed by atoms with E-state index < -0.39 is 48.5 Å². The van der Waals surface area contributed by atoms with Gasteiger partial charge in [0.15, 0.2) is 0 Å². The van der Waals surface area contributed by atoms with E-state index in [1.165, 1.54) is 0 Å². The van der Waals surface area contributed by atoms with Crippen LogP contribution in [0.15, 0.2) is 12.2 Å². The molecule has 0 aromatic heterocycles. The van der Waals surface area contributed by atoms with Crippen molar-refractivity contribution < 1.29 is 28.8 Å². The average Bonchev–Trinajstić information content (AvgIpc) is 2.69. The molecule has 0 radical (unpaired) electrons. The van der Waals surface area contributed by atoms with Crippen LogP contribution in [0.5, 0.6) is 0 Å². The number of amides is 6. The van der Waals surface area contributed by atoms with Gasteiger partial charge in [0.05, 0.1) is 39.3 Å². The van der Waals surface area contributed by atoms with Crippen molar-refractivity contribution in [2.75, 3.05) is 45.8 Å². The minimum atomic E-state index is -0.641. The van der Waals surface area contributed by atoms with Crippen LogP contribution in [0.4, 0.5) is 0 Å². The van der Waals surface area contributed by atoms with Crippen LogP contribution in [0.2, 0.25) is 0 Å². The van der Waals surface area contributed by atoms with Crippen LogP contribution in [-0.2, 0) is 28.8 Å². The van der Waals surface area contributed by atoms with E-state index in [0.29, 0.717) is 6.54 Å². The fourth-order valence-corrected chi connectivity index (χ4v) is 1.53. The highest BCUT2D eigenvalue weighted by atomic mass is 16.2. The van der Waals surface area contributed by atoms with E-state index in [-0.39, 0.29) is 26.2 Å². The van der Waals surface area contributed by atoms with Gasteiger partial charge in [-0.25, -0.2) is 0 Å². The zero-order valence-electron chi connectivity index (χ0n) is 16.2. The number of carbonyl (C=O) groups excluding carboxylic acids is 6. The van der Waals surface area contributed by atoms with Gasteiger partial charge in [0, 0.05) is 6.54 Å². The van der Waals surface area contributed by atoms with E-state index in [9.17, 15) is 28.8 Å². The van der Waals surface area contributed by atoms with Gasteiger partial charge in [-0.3, -0.25) is 28.8 Å². The smallest absolute Gasteiger partial charge is 0.239 e. The highest BCUT2D eigenvalue weighted by Crippen LogP contribution is 1.80. The molecular formula is C16H27N7O6. The third kappa shape index (κ3) is 15.3. The Morgan fingerprint density at radius 3 is 1.03 bits per heavy atom. The van der Waals surface area contributed by atoms with Crippen molar-refractivity contribution in [1.82, 2.24) is 31.9 Å². The summed E-state index contributed by atoms with van der Waals surface area (Å²) in [5, 5.41) is 13.8. The summed E-state index contributed by atoms with van der Waals surface area (Å²) >= 11 is 0. The monoisotopic (exact) mass is 413 g/mol. The lowest BCUT2D eigenvalue weighted by molar-refractivity contribution is -0.129. The normalized spacial score (nSPS) is 9.59. The SMILES string of the molecule is C=C(C)CNC(=O)CNC(=O)CNC(=O)CNC(=O)CNC(=O)CNC(=O)CN. The first kappa shape index (κ1) is 25.5. The second kappa shape index (κ2) is 14.6. The highest BCUT2D eigenvalue weighted by Gasteiger charge is 2.10. The largest absolute Gasteiger partial charge is 0.351 e. The minimum Gasteiger partial charge on any atom is -0.351 e. The molecule has 162 valence electrons. The topological polar surface area (TPSA) is 201 Å². The first-order valence-corrected chi connectivity index (χ1v) is 8.58. The van der Waals surface area contributed by atoms with Gasteiger partial charge in [-0.2, -0.15) is 0 Å². The molecule has 13 heteroatoms. The Labute approximate surface area is 167 Å². The van der Waals surface area contributed by atoms with Crippen molar-refractivity contribution in [3.8, 4) is 0 Å². The molecule has 0 saturated carbocycles. The van der Waals surface area contributed by atoms with Gasteiger partial charge in [-0.05, 0) is 6.92 Å². The quantitative estimate of drug-likeness (QED) is 0.147. The number of hydrogen-bond donors (Lipinski definition) is 7. The molecule has 0 aliphatic carbocycles. The van der Waals surface area contributed by atoms with Crippen molar-refractivity contribution >= 4 is 35.4 Å². The van der Waals surface area contributed by atoms with Crippen molar-refractivity contribution in [3.63, 3.8) is 0 Å². The average molecular weight is 413 g/mol. The summed E-state index contributed by atoms with van der Waals surface area (Å²) in [6.45, 7) is 3.64. The lowest BCUT2D eigenvalue weighted by atomic mass is 10.3. The van der Waals surface area contributed by atoms with Crippen molar-refractivity contribution in [1.29, 1.82) is 0 Å². The van der Waals surface area contributed by atoms with Gasteiger partial charge in [-0.15, -0.1) is 0 Å². The Bertz CT molecular complexity index is 650. The van der Waals surface area contributed by atoms with Gasteiger partial charge in [0.1, 0.15) is 0 Å².